The third kappa shape index (κ3) is 5.02. The van der Waals surface area contributed by atoms with Crippen LogP contribution in [0.4, 0.5) is 10.2 Å². The fourth-order valence-electron chi connectivity index (χ4n) is 5.02. The molecular formula is C28H24FN5O5. The number of hydrogen-bond acceptors (Lipinski definition) is 8. The van der Waals surface area contributed by atoms with Crippen LogP contribution in [0, 0.1) is 24.3 Å². The van der Waals surface area contributed by atoms with Gasteiger partial charge in [-0.3, -0.25) is 14.2 Å². The fourth-order valence-corrected chi connectivity index (χ4v) is 5.02. The SMILES string of the molecule is C#CC1(COC(=O)Cc2ccccc2)O[C@@H](n2cnc3c(N)nc(F)nc32)C[C@H]1C(C(=O)O)c1ccccc1. The van der Waals surface area contributed by atoms with Crippen LogP contribution in [-0.2, 0) is 25.5 Å². The van der Waals surface area contributed by atoms with Gasteiger partial charge in [-0.15, -0.1) is 6.42 Å². The molecule has 2 unspecified atom stereocenters. The van der Waals surface area contributed by atoms with Crippen molar-refractivity contribution in [3.8, 4) is 12.3 Å². The second-order valence-corrected chi connectivity index (χ2v) is 9.20. The molecule has 4 atom stereocenters. The standard InChI is InChI=1S/C28H24FN5O5/c1-2-28(15-38-21(35)13-17-9-5-3-6-10-17)19(22(26(36)37)18-11-7-4-8-12-18)14-20(39-28)34-16-31-23-24(30)32-27(29)33-25(23)34/h1,3-12,16,19-20,22H,13-15H2,(H,36,37)(H2,30,32,33)/t19-,20+,22?,28?/m0/s1. The van der Waals surface area contributed by atoms with Crippen LogP contribution in [0.3, 0.4) is 0 Å². The number of nitrogen functional groups attached to an aromatic ring is 1. The first kappa shape index (κ1) is 25.8. The van der Waals surface area contributed by atoms with Crippen LogP contribution in [0.2, 0.25) is 0 Å². The Labute approximate surface area is 222 Å². The second-order valence-electron chi connectivity index (χ2n) is 9.20. The molecular weight excluding hydrogens is 505 g/mol. The summed E-state index contributed by atoms with van der Waals surface area (Å²) < 4.78 is 27.4. The normalized spacial score (nSPS) is 21.3. The number of carbonyl (C=O) groups excluding carboxylic acids is 1. The van der Waals surface area contributed by atoms with Crippen molar-refractivity contribution in [2.45, 2.75) is 30.6 Å². The smallest absolute Gasteiger partial charge is 0.312 e. The molecule has 0 amide bonds. The molecule has 3 heterocycles. The van der Waals surface area contributed by atoms with Gasteiger partial charge in [0.1, 0.15) is 12.8 Å². The molecule has 2 aromatic carbocycles. The number of halogens is 1. The number of benzene rings is 2. The highest BCUT2D eigenvalue weighted by atomic mass is 19.1. The van der Waals surface area contributed by atoms with Crippen LogP contribution < -0.4 is 5.73 Å². The van der Waals surface area contributed by atoms with Crippen molar-refractivity contribution < 1.29 is 28.6 Å². The van der Waals surface area contributed by atoms with Crippen molar-refractivity contribution in [1.82, 2.24) is 19.5 Å². The van der Waals surface area contributed by atoms with Crippen molar-refractivity contribution in [2.75, 3.05) is 12.3 Å². The summed E-state index contributed by atoms with van der Waals surface area (Å²) in [5.74, 6) is -1.20. The van der Waals surface area contributed by atoms with E-state index in [2.05, 4.69) is 20.9 Å². The average Bonchev–Trinajstić information content (AvgIpc) is 3.51. The molecule has 39 heavy (non-hydrogen) atoms. The lowest BCUT2D eigenvalue weighted by molar-refractivity contribution is -0.155. The molecule has 1 saturated heterocycles. The summed E-state index contributed by atoms with van der Waals surface area (Å²) in [7, 11) is 0. The molecule has 2 aromatic heterocycles. The molecule has 0 saturated carbocycles. The highest BCUT2D eigenvalue weighted by molar-refractivity contribution is 5.81. The fraction of sp³-hybridized carbons (Fsp3) is 0.250. The van der Waals surface area contributed by atoms with Crippen molar-refractivity contribution >= 4 is 28.9 Å². The number of rotatable bonds is 8. The van der Waals surface area contributed by atoms with E-state index in [1.807, 2.05) is 6.07 Å². The summed E-state index contributed by atoms with van der Waals surface area (Å²) in [5, 5.41) is 10.3. The molecule has 4 aromatic rings. The summed E-state index contributed by atoms with van der Waals surface area (Å²) in [5.41, 5.74) is 5.64. The van der Waals surface area contributed by atoms with E-state index >= 15 is 0 Å². The first-order valence-electron chi connectivity index (χ1n) is 12.1. The van der Waals surface area contributed by atoms with E-state index in [-0.39, 0.29) is 29.8 Å². The number of anilines is 1. The molecule has 0 bridgehead atoms. The molecule has 10 nitrogen and oxygen atoms in total. The highest BCUT2D eigenvalue weighted by Gasteiger charge is 2.55. The quantitative estimate of drug-likeness (QED) is 0.200. The summed E-state index contributed by atoms with van der Waals surface area (Å²) in [6.45, 7) is -0.398. The number of carbonyl (C=O) groups is 2. The third-order valence-electron chi connectivity index (χ3n) is 6.84. The van der Waals surface area contributed by atoms with Crippen LogP contribution in [0.15, 0.2) is 67.0 Å². The maximum absolute atomic E-state index is 14.0. The number of hydrogen-bond donors (Lipinski definition) is 2. The molecule has 1 fully saturated rings. The Hall–Kier alpha value is -4.82. The van der Waals surface area contributed by atoms with E-state index < -0.39 is 48.3 Å². The Morgan fingerprint density at radius 3 is 2.56 bits per heavy atom. The molecule has 3 N–H and O–H groups in total. The van der Waals surface area contributed by atoms with E-state index in [0.29, 0.717) is 5.56 Å². The molecule has 0 spiro atoms. The number of carboxylic acids is 1. The number of terminal acetylenes is 1. The molecule has 0 aliphatic carbocycles. The Morgan fingerprint density at radius 1 is 1.21 bits per heavy atom. The van der Waals surface area contributed by atoms with Gasteiger partial charge in [0, 0.05) is 12.3 Å². The van der Waals surface area contributed by atoms with Crippen LogP contribution in [0.1, 0.15) is 29.7 Å². The predicted molar refractivity (Wildman–Crippen MR) is 137 cm³/mol. The summed E-state index contributed by atoms with van der Waals surface area (Å²) in [4.78, 5) is 36.8. The van der Waals surface area contributed by atoms with E-state index in [1.54, 1.807) is 54.6 Å². The minimum atomic E-state index is -1.64. The zero-order valence-corrected chi connectivity index (χ0v) is 20.6. The first-order chi connectivity index (χ1) is 18.8. The van der Waals surface area contributed by atoms with Crippen molar-refractivity contribution in [1.29, 1.82) is 0 Å². The Balaban J connectivity index is 1.51. The van der Waals surface area contributed by atoms with Crippen LogP contribution in [-0.4, -0.2) is 48.8 Å². The van der Waals surface area contributed by atoms with Crippen LogP contribution in [0.25, 0.3) is 11.2 Å². The second kappa shape index (κ2) is 10.5. The van der Waals surface area contributed by atoms with Crippen molar-refractivity contribution in [3.05, 3.63) is 84.2 Å². The van der Waals surface area contributed by atoms with Crippen molar-refractivity contribution in [3.63, 3.8) is 0 Å². The lowest BCUT2D eigenvalue weighted by Crippen LogP contribution is -2.44. The van der Waals surface area contributed by atoms with E-state index in [4.69, 9.17) is 21.6 Å². The van der Waals surface area contributed by atoms with Crippen LogP contribution >= 0.6 is 0 Å². The van der Waals surface area contributed by atoms with Gasteiger partial charge in [0.05, 0.1) is 18.7 Å². The maximum Gasteiger partial charge on any atom is 0.312 e. The van der Waals surface area contributed by atoms with Gasteiger partial charge in [0.15, 0.2) is 22.6 Å². The minimum Gasteiger partial charge on any atom is -0.481 e. The first-order valence-corrected chi connectivity index (χ1v) is 12.1. The van der Waals surface area contributed by atoms with Gasteiger partial charge in [0.25, 0.3) is 0 Å². The molecule has 0 radical (unpaired) electrons. The van der Waals surface area contributed by atoms with Gasteiger partial charge in [0.2, 0.25) is 0 Å². The Bertz CT molecular complexity index is 1560. The number of fused-ring (bicyclic) bond motifs is 1. The molecule has 198 valence electrons. The molecule has 11 heteroatoms. The maximum atomic E-state index is 14.0. The van der Waals surface area contributed by atoms with E-state index in [9.17, 15) is 19.1 Å². The zero-order chi connectivity index (χ0) is 27.6. The van der Waals surface area contributed by atoms with Gasteiger partial charge in [-0.05, 0) is 11.1 Å². The third-order valence-corrected chi connectivity index (χ3v) is 6.84. The average molecular weight is 530 g/mol. The summed E-state index contributed by atoms with van der Waals surface area (Å²) in [6, 6.07) is 17.6. The Morgan fingerprint density at radius 2 is 1.90 bits per heavy atom. The minimum absolute atomic E-state index is 0.00172. The van der Waals surface area contributed by atoms with Gasteiger partial charge >= 0.3 is 18.0 Å². The number of nitrogens with two attached hydrogens (primary N) is 1. The summed E-state index contributed by atoms with van der Waals surface area (Å²) in [6.07, 6.45) is 5.45. The lowest BCUT2D eigenvalue weighted by Gasteiger charge is -2.32. The monoisotopic (exact) mass is 529 g/mol. The molecule has 1 aliphatic heterocycles. The van der Waals surface area contributed by atoms with Gasteiger partial charge in [-0.25, -0.2) is 4.98 Å². The number of esters is 1. The van der Waals surface area contributed by atoms with Gasteiger partial charge in [-0.1, -0.05) is 66.6 Å². The molecule has 5 rings (SSSR count). The van der Waals surface area contributed by atoms with Gasteiger partial charge in [-0.2, -0.15) is 14.4 Å². The number of aliphatic carboxylic acids is 1. The van der Waals surface area contributed by atoms with E-state index in [0.717, 1.165) is 5.56 Å². The molecule has 1 aliphatic rings. The number of nitrogens with zero attached hydrogens (tertiary/aromatic N) is 4. The lowest BCUT2D eigenvalue weighted by atomic mass is 9.75. The van der Waals surface area contributed by atoms with Crippen LogP contribution in [0.5, 0.6) is 0 Å². The van der Waals surface area contributed by atoms with Crippen molar-refractivity contribution in [2.24, 2.45) is 5.92 Å². The summed E-state index contributed by atoms with van der Waals surface area (Å²) >= 11 is 0. The highest BCUT2D eigenvalue weighted by Crippen LogP contribution is 2.49. The number of carboxylic acid groups (broad SMARTS) is 1. The largest absolute Gasteiger partial charge is 0.481 e. The topological polar surface area (TPSA) is 142 Å². The van der Waals surface area contributed by atoms with E-state index in [1.165, 1.54) is 10.9 Å². The zero-order valence-electron chi connectivity index (χ0n) is 20.6. The predicted octanol–water partition coefficient (Wildman–Crippen LogP) is 3.11. The number of ether oxygens (including phenoxy) is 2. The Kier molecular flexibility index (Phi) is 6.96. The number of imidazole rings is 1. The van der Waals surface area contributed by atoms with Gasteiger partial charge < -0.3 is 20.3 Å². The number of aromatic nitrogens is 4.